The Hall–Kier alpha value is -3.68. The van der Waals surface area contributed by atoms with Gasteiger partial charge in [0, 0.05) is 17.8 Å². The van der Waals surface area contributed by atoms with Crippen molar-refractivity contribution in [2.45, 2.75) is 6.17 Å². The molecule has 2 aromatic rings. The van der Waals surface area contributed by atoms with Crippen LogP contribution in [0.25, 0.3) is 6.08 Å². The van der Waals surface area contributed by atoms with Gasteiger partial charge in [-0.1, -0.05) is 36.4 Å². The molecule has 1 atom stereocenters. The van der Waals surface area contributed by atoms with Crippen LogP contribution in [0, 0.1) is 10.1 Å². The van der Waals surface area contributed by atoms with Crippen molar-refractivity contribution in [3.8, 4) is 0 Å². The lowest BCUT2D eigenvalue weighted by Gasteiger charge is -2.23. The number of carbonyl (C=O) groups is 1. The van der Waals surface area contributed by atoms with E-state index in [0.717, 1.165) is 11.1 Å². The fraction of sp³-hybridized carbons (Fsp3) is 0.0588. The monoisotopic (exact) mass is 333 g/mol. The van der Waals surface area contributed by atoms with Gasteiger partial charge in [-0.2, -0.15) is 10.1 Å². The number of para-hydroxylation sites is 1. The summed E-state index contributed by atoms with van der Waals surface area (Å²) in [5.41, 5.74) is 1.72. The molecule has 122 valence electrons. The van der Waals surface area contributed by atoms with Crippen LogP contribution in [0.2, 0.25) is 0 Å². The highest BCUT2D eigenvalue weighted by atomic mass is 16.6. The average molecular weight is 333 g/mol. The zero-order chi connectivity index (χ0) is 17.4. The van der Waals surface area contributed by atoms with Crippen LogP contribution in [0.4, 0.5) is 11.4 Å². The van der Waals surface area contributed by atoms with E-state index < -0.39 is 17.0 Å². The molecule has 25 heavy (non-hydrogen) atoms. The highest BCUT2D eigenvalue weighted by Crippen LogP contribution is 2.30. The maximum atomic E-state index is 12.2. The van der Waals surface area contributed by atoms with Gasteiger partial charge in [0.25, 0.3) is 11.6 Å². The zero-order valence-electron chi connectivity index (χ0n) is 12.8. The molecular weight excluding hydrogens is 322 g/mol. The van der Waals surface area contributed by atoms with E-state index in [4.69, 9.17) is 0 Å². The molecule has 1 unspecified atom stereocenters. The fourth-order valence-corrected chi connectivity index (χ4v) is 2.74. The van der Waals surface area contributed by atoms with Crippen molar-refractivity contribution < 1.29 is 9.72 Å². The lowest BCUT2D eigenvalue weighted by molar-refractivity contribution is -0.384. The van der Waals surface area contributed by atoms with E-state index in [1.807, 2.05) is 30.3 Å². The van der Waals surface area contributed by atoms with Crippen LogP contribution >= 0.6 is 0 Å². The molecule has 2 heterocycles. The molecule has 0 saturated heterocycles. The van der Waals surface area contributed by atoms with Crippen molar-refractivity contribution in [1.82, 2.24) is 4.90 Å². The molecule has 0 aromatic heterocycles. The predicted molar refractivity (Wildman–Crippen MR) is 90.3 cm³/mol. The van der Waals surface area contributed by atoms with E-state index >= 15 is 0 Å². The molecule has 0 saturated carbocycles. The first-order valence-corrected chi connectivity index (χ1v) is 7.48. The quantitative estimate of drug-likeness (QED) is 0.488. The van der Waals surface area contributed by atoms with E-state index in [2.05, 4.69) is 15.2 Å². The van der Waals surface area contributed by atoms with Gasteiger partial charge in [0.15, 0.2) is 5.69 Å². The number of nitrogens with zero attached hydrogens (tertiary/aromatic N) is 5. The van der Waals surface area contributed by atoms with Crippen molar-refractivity contribution in [2.24, 2.45) is 15.2 Å². The van der Waals surface area contributed by atoms with Gasteiger partial charge in [0.2, 0.25) is 6.17 Å². The van der Waals surface area contributed by atoms with E-state index in [0.29, 0.717) is 5.84 Å². The van der Waals surface area contributed by atoms with Crippen molar-refractivity contribution >= 4 is 29.2 Å². The third-order valence-electron chi connectivity index (χ3n) is 3.91. The summed E-state index contributed by atoms with van der Waals surface area (Å²) in [6, 6.07) is 13.6. The van der Waals surface area contributed by atoms with Crippen molar-refractivity contribution in [2.75, 3.05) is 0 Å². The Kier molecular flexibility index (Phi) is 3.42. The summed E-state index contributed by atoms with van der Waals surface area (Å²) in [6.45, 7) is 0. The van der Waals surface area contributed by atoms with Crippen molar-refractivity contribution in [1.29, 1.82) is 0 Å². The van der Waals surface area contributed by atoms with E-state index in [-0.39, 0.29) is 11.4 Å². The SMILES string of the molecule is O=C1N=C2c3ccccc3C=CN2C1N=Nc1ccccc1[N+](=O)[O-]. The Morgan fingerprint density at radius 2 is 1.88 bits per heavy atom. The summed E-state index contributed by atoms with van der Waals surface area (Å²) in [4.78, 5) is 28.4. The number of benzene rings is 2. The van der Waals surface area contributed by atoms with Crippen LogP contribution in [0.3, 0.4) is 0 Å². The van der Waals surface area contributed by atoms with E-state index in [1.165, 1.54) is 12.1 Å². The Morgan fingerprint density at radius 3 is 2.72 bits per heavy atom. The highest BCUT2D eigenvalue weighted by molar-refractivity contribution is 6.15. The number of nitro benzene ring substituents is 1. The molecule has 2 aliphatic rings. The molecule has 8 nitrogen and oxygen atoms in total. The first kappa shape index (κ1) is 14.9. The minimum atomic E-state index is -0.959. The molecule has 0 N–H and O–H groups in total. The van der Waals surface area contributed by atoms with Gasteiger partial charge in [0.1, 0.15) is 5.84 Å². The van der Waals surface area contributed by atoms with Crippen LogP contribution < -0.4 is 0 Å². The minimum Gasteiger partial charge on any atom is -0.300 e. The standard InChI is InChI=1S/C17H11N5O3/c23-17-16(20-19-13-7-3-4-8-14(13)22(24)25)21-10-9-11-5-1-2-6-12(11)15(21)18-17/h1-10,16H. The number of rotatable bonds is 3. The lowest BCUT2D eigenvalue weighted by Crippen LogP contribution is -2.34. The van der Waals surface area contributed by atoms with Gasteiger partial charge in [-0.15, -0.1) is 5.11 Å². The van der Waals surface area contributed by atoms with Gasteiger partial charge in [0.05, 0.1) is 4.92 Å². The summed E-state index contributed by atoms with van der Waals surface area (Å²) < 4.78 is 0. The Morgan fingerprint density at radius 1 is 1.12 bits per heavy atom. The summed E-state index contributed by atoms with van der Waals surface area (Å²) in [6.07, 6.45) is 2.62. The third-order valence-corrected chi connectivity index (χ3v) is 3.91. The van der Waals surface area contributed by atoms with Crippen LogP contribution in [0.5, 0.6) is 0 Å². The van der Waals surface area contributed by atoms with Crippen LogP contribution in [0.1, 0.15) is 11.1 Å². The minimum absolute atomic E-state index is 0.0927. The number of hydrogen-bond donors (Lipinski definition) is 0. The molecule has 0 bridgehead atoms. The number of azo groups is 1. The number of amidine groups is 1. The molecule has 0 fully saturated rings. The van der Waals surface area contributed by atoms with Crippen LogP contribution in [-0.2, 0) is 4.79 Å². The molecule has 8 heteroatoms. The molecule has 0 spiro atoms. The summed E-state index contributed by atoms with van der Waals surface area (Å²) in [5.74, 6) is 0.0494. The molecule has 0 radical (unpaired) electrons. The number of aliphatic imine (C=N–C) groups is 1. The topological polar surface area (TPSA) is 101 Å². The zero-order valence-corrected chi connectivity index (χ0v) is 12.8. The van der Waals surface area contributed by atoms with E-state index in [1.54, 1.807) is 23.2 Å². The average Bonchev–Trinajstić information content (AvgIpc) is 2.96. The molecule has 4 rings (SSSR count). The molecular formula is C17H11N5O3. The second-order valence-electron chi connectivity index (χ2n) is 5.42. The summed E-state index contributed by atoms with van der Waals surface area (Å²) in [5, 5.41) is 19.0. The summed E-state index contributed by atoms with van der Waals surface area (Å²) in [7, 11) is 0. The van der Waals surface area contributed by atoms with Gasteiger partial charge >= 0.3 is 0 Å². The van der Waals surface area contributed by atoms with Crippen molar-refractivity contribution in [3.63, 3.8) is 0 Å². The van der Waals surface area contributed by atoms with Gasteiger partial charge < -0.3 is 0 Å². The van der Waals surface area contributed by atoms with Gasteiger partial charge in [-0.25, -0.2) is 0 Å². The van der Waals surface area contributed by atoms with Gasteiger partial charge in [-0.05, 0) is 17.7 Å². The van der Waals surface area contributed by atoms with Crippen molar-refractivity contribution in [3.05, 3.63) is 76.0 Å². The lowest BCUT2D eigenvalue weighted by atomic mass is 10.0. The number of fused-ring (bicyclic) bond motifs is 3. The number of carbonyl (C=O) groups excluding carboxylic acids is 1. The maximum Gasteiger partial charge on any atom is 0.296 e. The highest BCUT2D eigenvalue weighted by Gasteiger charge is 2.37. The Balaban J connectivity index is 1.67. The number of hydrogen-bond acceptors (Lipinski definition) is 6. The van der Waals surface area contributed by atoms with Gasteiger partial charge in [-0.3, -0.25) is 19.8 Å². The first-order chi connectivity index (χ1) is 12.1. The molecule has 1 amide bonds. The number of nitro groups is 1. The van der Waals surface area contributed by atoms with Crippen LogP contribution in [0.15, 0.2) is 70.0 Å². The molecule has 2 aromatic carbocycles. The van der Waals surface area contributed by atoms with Crippen LogP contribution in [-0.4, -0.2) is 27.7 Å². The first-order valence-electron chi connectivity index (χ1n) is 7.48. The predicted octanol–water partition coefficient (Wildman–Crippen LogP) is 3.28. The maximum absolute atomic E-state index is 12.2. The summed E-state index contributed by atoms with van der Waals surface area (Å²) >= 11 is 0. The molecule has 0 aliphatic carbocycles. The smallest absolute Gasteiger partial charge is 0.296 e. The normalized spacial score (nSPS) is 18.2. The second kappa shape index (κ2) is 5.75. The van der Waals surface area contributed by atoms with E-state index in [9.17, 15) is 14.9 Å². The largest absolute Gasteiger partial charge is 0.300 e. The fourth-order valence-electron chi connectivity index (χ4n) is 2.74. The second-order valence-corrected chi connectivity index (χ2v) is 5.42. The third kappa shape index (κ3) is 2.49. The molecule has 2 aliphatic heterocycles. The number of amides is 1. The Bertz CT molecular complexity index is 980. The Labute approximate surface area is 142 Å².